The molecule has 0 radical (unpaired) electrons. The van der Waals surface area contributed by atoms with Gasteiger partial charge in [0.05, 0.1) is 22.3 Å². The molecule has 28 heavy (non-hydrogen) atoms. The molecular weight excluding hydrogens is 370 g/mol. The Morgan fingerprint density at radius 1 is 1.00 bits per heavy atom. The number of nitrogens with zero attached hydrogens (tertiary/aromatic N) is 2. The zero-order valence-corrected chi connectivity index (χ0v) is 16.5. The Kier molecular flexibility index (Phi) is 4.65. The van der Waals surface area contributed by atoms with E-state index in [0.29, 0.717) is 11.6 Å². The van der Waals surface area contributed by atoms with Crippen molar-refractivity contribution >= 4 is 26.6 Å². The van der Waals surface area contributed by atoms with E-state index in [9.17, 15) is 8.42 Å². The van der Waals surface area contributed by atoms with Gasteiger partial charge < -0.3 is 4.57 Å². The highest BCUT2D eigenvalue weighted by molar-refractivity contribution is 7.92. The van der Waals surface area contributed by atoms with Crippen LogP contribution in [0.25, 0.3) is 16.6 Å². The van der Waals surface area contributed by atoms with Gasteiger partial charge in [-0.05, 0) is 60.0 Å². The van der Waals surface area contributed by atoms with Crippen LogP contribution in [-0.4, -0.2) is 18.0 Å². The number of anilines is 1. The number of hydrogen-bond acceptors (Lipinski definition) is 3. The summed E-state index contributed by atoms with van der Waals surface area (Å²) >= 11 is 0. The first-order chi connectivity index (χ1) is 13.4. The fourth-order valence-corrected chi connectivity index (χ4v) is 4.22. The Bertz CT molecular complexity index is 1210. The number of sulfonamides is 1. The summed E-state index contributed by atoms with van der Waals surface area (Å²) in [5.74, 6) is 0.357. The third-order valence-electron chi connectivity index (χ3n) is 4.72. The summed E-state index contributed by atoms with van der Waals surface area (Å²) in [5, 5.41) is 0.944. The van der Waals surface area contributed by atoms with E-state index in [1.807, 2.05) is 53.2 Å². The average Bonchev–Trinajstić information content (AvgIpc) is 3.11. The summed E-state index contributed by atoms with van der Waals surface area (Å²) in [6.07, 6.45) is 5.47. The average molecular weight is 391 g/mol. The number of fused-ring (bicyclic) bond motifs is 1. The molecule has 4 aromatic rings. The Balaban J connectivity index is 1.63. The number of hydrogen-bond donors (Lipinski definition) is 1. The van der Waals surface area contributed by atoms with Gasteiger partial charge in [-0.25, -0.2) is 8.42 Å². The molecule has 2 heterocycles. The van der Waals surface area contributed by atoms with Gasteiger partial charge in [0.2, 0.25) is 0 Å². The van der Waals surface area contributed by atoms with Crippen molar-refractivity contribution in [2.75, 3.05) is 4.72 Å². The zero-order chi connectivity index (χ0) is 19.7. The Morgan fingerprint density at radius 2 is 1.79 bits per heavy atom. The molecule has 4 rings (SSSR count). The van der Waals surface area contributed by atoms with Crippen LogP contribution in [0.15, 0.2) is 84.1 Å². The molecular formula is C22H21N3O2S. The first kappa shape index (κ1) is 18.3. The normalized spacial score (nSPS) is 11.8. The molecule has 5 nitrogen and oxygen atoms in total. The summed E-state index contributed by atoms with van der Waals surface area (Å²) in [7, 11) is -3.64. The molecule has 2 aromatic heterocycles. The molecule has 0 unspecified atom stereocenters. The minimum absolute atomic E-state index is 0.255. The monoisotopic (exact) mass is 391 g/mol. The van der Waals surface area contributed by atoms with Crippen molar-refractivity contribution in [3.05, 3.63) is 84.8 Å². The van der Waals surface area contributed by atoms with Crippen molar-refractivity contribution in [1.82, 2.24) is 9.55 Å². The Labute approximate surface area is 164 Å². The zero-order valence-electron chi connectivity index (χ0n) is 15.7. The van der Waals surface area contributed by atoms with E-state index in [-0.39, 0.29) is 4.90 Å². The van der Waals surface area contributed by atoms with Gasteiger partial charge in [-0.1, -0.05) is 26.0 Å². The van der Waals surface area contributed by atoms with Crippen LogP contribution in [0.1, 0.15) is 25.3 Å². The van der Waals surface area contributed by atoms with Gasteiger partial charge in [0.15, 0.2) is 0 Å². The van der Waals surface area contributed by atoms with Gasteiger partial charge >= 0.3 is 0 Å². The Morgan fingerprint density at radius 3 is 2.46 bits per heavy atom. The topological polar surface area (TPSA) is 64.0 Å². The second-order valence-electron chi connectivity index (χ2n) is 7.00. The first-order valence-electron chi connectivity index (χ1n) is 9.08. The second kappa shape index (κ2) is 7.13. The SMILES string of the molecule is CC(C)c1ccc(S(=O)(=O)Nc2ccc3c(ccn3-c3cccnc3)c2)cc1. The number of rotatable bonds is 5. The largest absolute Gasteiger partial charge is 0.315 e. The van der Waals surface area contributed by atoms with E-state index >= 15 is 0 Å². The summed E-state index contributed by atoms with van der Waals surface area (Å²) in [4.78, 5) is 4.41. The van der Waals surface area contributed by atoms with E-state index in [2.05, 4.69) is 23.6 Å². The maximum Gasteiger partial charge on any atom is 0.261 e. The van der Waals surface area contributed by atoms with Crippen molar-refractivity contribution < 1.29 is 8.42 Å². The molecule has 0 fully saturated rings. The fraction of sp³-hybridized carbons (Fsp3) is 0.136. The van der Waals surface area contributed by atoms with Gasteiger partial charge in [-0.2, -0.15) is 0 Å². The lowest BCUT2D eigenvalue weighted by Crippen LogP contribution is -2.13. The molecule has 0 atom stereocenters. The molecule has 0 bridgehead atoms. The van der Waals surface area contributed by atoms with Crippen molar-refractivity contribution in [2.24, 2.45) is 0 Å². The number of benzene rings is 2. The third kappa shape index (κ3) is 3.51. The summed E-state index contributed by atoms with van der Waals surface area (Å²) in [5.41, 5.74) is 3.58. The van der Waals surface area contributed by atoms with Crippen LogP contribution in [0.4, 0.5) is 5.69 Å². The lowest BCUT2D eigenvalue weighted by atomic mass is 10.0. The molecule has 0 spiro atoms. The lowest BCUT2D eigenvalue weighted by molar-refractivity contribution is 0.601. The molecule has 0 saturated heterocycles. The molecule has 0 saturated carbocycles. The molecule has 142 valence electrons. The number of pyridine rings is 1. The van der Waals surface area contributed by atoms with Crippen molar-refractivity contribution in [3.8, 4) is 5.69 Å². The van der Waals surface area contributed by atoms with E-state index < -0.39 is 10.0 Å². The molecule has 0 aliphatic heterocycles. The minimum Gasteiger partial charge on any atom is -0.315 e. The fourth-order valence-electron chi connectivity index (χ4n) is 3.17. The van der Waals surface area contributed by atoms with E-state index in [1.54, 1.807) is 30.6 Å². The number of nitrogens with one attached hydrogen (secondary N) is 1. The maximum absolute atomic E-state index is 12.7. The van der Waals surface area contributed by atoms with Gasteiger partial charge in [0, 0.05) is 23.5 Å². The molecule has 1 N–H and O–H groups in total. The molecule has 2 aromatic carbocycles. The summed E-state index contributed by atoms with van der Waals surface area (Å²) < 4.78 is 30.1. The molecule has 0 amide bonds. The lowest BCUT2D eigenvalue weighted by Gasteiger charge is -2.11. The predicted molar refractivity (Wildman–Crippen MR) is 112 cm³/mol. The first-order valence-corrected chi connectivity index (χ1v) is 10.6. The highest BCUT2D eigenvalue weighted by atomic mass is 32.2. The van der Waals surface area contributed by atoms with Crippen LogP contribution in [0.5, 0.6) is 0 Å². The molecule has 0 aliphatic carbocycles. The third-order valence-corrected chi connectivity index (χ3v) is 6.12. The number of aromatic nitrogens is 2. The van der Waals surface area contributed by atoms with Crippen molar-refractivity contribution in [3.63, 3.8) is 0 Å². The van der Waals surface area contributed by atoms with Crippen LogP contribution in [-0.2, 0) is 10.0 Å². The maximum atomic E-state index is 12.7. The van der Waals surface area contributed by atoms with E-state index in [0.717, 1.165) is 22.2 Å². The van der Waals surface area contributed by atoms with E-state index in [1.165, 1.54) is 0 Å². The molecule has 6 heteroatoms. The van der Waals surface area contributed by atoms with Crippen LogP contribution < -0.4 is 4.72 Å². The van der Waals surface area contributed by atoms with Crippen LogP contribution in [0, 0.1) is 0 Å². The quantitative estimate of drug-likeness (QED) is 0.523. The highest BCUT2D eigenvalue weighted by Gasteiger charge is 2.15. The van der Waals surface area contributed by atoms with E-state index in [4.69, 9.17) is 0 Å². The smallest absolute Gasteiger partial charge is 0.261 e. The van der Waals surface area contributed by atoms with Crippen LogP contribution >= 0.6 is 0 Å². The van der Waals surface area contributed by atoms with Gasteiger partial charge in [0.25, 0.3) is 10.0 Å². The standard InChI is InChI=1S/C22H21N3O2S/c1-16(2)17-5-8-21(9-6-17)28(26,27)24-19-7-10-22-18(14-19)11-13-25(22)20-4-3-12-23-15-20/h3-16,24H,1-2H3. The van der Waals surface area contributed by atoms with Gasteiger partial charge in [0.1, 0.15) is 0 Å². The second-order valence-corrected chi connectivity index (χ2v) is 8.68. The summed E-state index contributed by atoms with van der Waals surface area (Å²) in [6.45, 7) is 4.16. The summed E-state index contributed by atoms with van der Waals surface area (Å²) in [6, 6.07) is 18.3. The minimum atomic E-state index is -3.64. The van der Waals surface area contributed by atoms with Gasteiger partial charge in [-0.15, -0.1) is 0 Å². The highest BCUT2D eigenvalue weighted by Crippen LogP contribution is 2.25. The van der Waals surface area contributed by atoms with Crippen molar-refractivity contribution in [1.29, 1.82) is 0 Å². The van der Waals surface area contributed by atoms with Gasteiger partial charge in [-0.3, -0.25) is 9.71 Å². The van der Waals surface area contributed by atoms with Crippen molar-refractivity contribution in [2.45, 2.75) is 24.7 Å². The van der Waals surface area contributed by atoms with Crippen LogP contribution in [0.3, 0.4) is 0 Å². The molecule has 0 aliphatic rings. The van der Waals surface area contributed by atoms with Crippen LogP contribution in [0.2, 0.25) is 0 Å². The predicted octanol–water partition coefficient (Wildman–Crippen LogP) is 4.95. The Hall–Kier alpha value is -3.12.